The zero-order valence-corrected chi connectivity index (χ0v) is 8.10. The Morgan fingerprint density at radius 3 is 2.45 bits per heavy atom. The zero-order chi connectivity index (χ0) is 8.10. The second-order valence-electron chi connectivity index (χ2n) is 4.10. The molecule has 0 aliphatic heterocycles. The van der Waals surface area contributed by atoms with Crippen LogP contribution in [0.25, 0.3) is 0 Å². The minimum absolute atomic E-state index is 1.06. The fraction of sp³-hybridized carbons (Fsp3) is 1.00. The van der Waals surface area contributed by atoms with Crippen molar-refractivity contribution in [3.63, 3.8) is 0 Å². The topological polar surface area (TPSA) is 0 Å². The summed E-state index contributed by atoms with van der Waals surface area (Å²) in [6.07, 6.45) is 10.3. The standard InChI is InChI=1S/C11H22/c1-3-5-6-10(4-2)9-11-7-8-11/h10-11H,3-9H2,1-2H3/t10-/m1/s1. The third-order valence-corrected chi connectivity index (χ3v) is 2.91. The third-order valence-electron chi connectivity index (χ3n) is 2.91. The van der Waals surface area contributed by atoms with E-state index in [9.17, 15) is 0 Å². The van der Waals surface area contributed by atoms with Crippen molar-refractivity contribution in [3.05, 3.63) is 0 Å². The predicted molar refractivity (Wildman–Crippen MR) is 50.6 cm³/mol. The molecule has 1 atom stereocenters. The molecule has 0 aromatic rings. The number of rotatable bonds is 6. The molecule has 1 aliphatic rings. The van der Waals surface area contributed by atoms with Gasteiger partial charge in [-0.2, -0.15) is 0 Å². The van der Waals surface area contributed by atoms with Gasteiger partial charge in [-0.25, -0.2) is 0 Å². The van der Waals surface area contributed by atoms with Crippen molar-refractivity contribution < 1.29 is 0 Å². The molecular formula is C11H22. The molecule has 1 aliphatic carbocycles. The van der Waals surface area contributed by atoms with Gasteiger partial charge in [-0.3, -0.25) is 0 Å². The maximum absolute atomic E-state index is 2.35. The smallest absolute Gasteiger partial charge is 0.0411 e. The van der Waals surface area contributed by atoms with Gasteiger partial charge in [0.1, 0.15) is 0 Å². The van der Waals surface area contributed by atoms with Gasteiger partial charge in [-0.15, -0.1) is 0 Å². The van der Waals surface area contributed by atoms with Gasteiger partial charge in [-0.05, 0) is 18.3 Å². The van der Waals surface area contributed by atoms with Crippen LogP contribution >= 0.6 is 0 Å². The highest BCUT2D eigenvalue weighted by atomic mass is 14.3. The summed E-state index contributed by atoms with van der Waals surface area (Å²) in [6, 6.07) is 0. The van der Waals surface area contributed by atoms with Crippen LogP contribution in [0.1, 0.15) is 58.8 Å². The van der Waals surface area contributed by atoms with Crippen molar-refractivity contribution in [1.29, 1.82) is 0 Å². The second kappa shape index (κ2) is 4.79. The average molecular weight is 154 g/mol. The SMILES string of the molecule is CCCC[C@@H](CC)CC1CC1. The molecule has 0 bridgehead atoms. The number of unbranched alkanes of at least 4 members (excludes halogenated alkanes) is 1. The normalized spacial score (nSPS) is 20.2. The summed E-state index contributed by atoms with van der Waals surface area (Å²) in [7, 11) is 0. The summed E-state index contributed by atoms with van der Waals surface area (Å²) < 4.78 is 0. The van der Waals surface area contributed by atoms with Crippen molar-refractivity contribution >= 4 is 0 Å². The lowest BCUT2D eigenvalue weighted by Crippen LogP contribution is -1.99. The molecule has 0 aromatic carbocycles. The molecule has 66 valence electrons. The van der Waals surface area contributed by atoms with Crippen LogP contribution in [0.15, 0.2) is 0 Å². The molecule has 0 amide bonds. The van der Waals surface area contributed by atoms with E-state index in [1.807, 2.05) is 0 Å². The van der Waals surface area contributed by atoms with E-state index in [-0.39, 0.29) is 0 Å². The monoisotopic (exact) mass is 154 g/mol. The Balaban J connectivity index is 2.02. The number of hydrogen-bond acceptors (Lipinski definition) is 0. The molecule has 0 aromatic heterocycles. The van der Waals surface area contributed by atoms with Gasteiger partial charge in [0.05, 0.1) is 0 Å². The fourth-order valence-electron chi connectivity index (χ4n) is 1.81. The summed E-state index contributed by atoms with van der Waals surface area (Å²) in [5, 5.41) is 0. The number of hydrogen-bond donors (Lipinski definition) is 0. The average Bonchev–Trinajstić information content (AvgIpc) is 2.81. The van der Waals surface area contributed by atoms with E-state index in [1.165, 1.54) is 44.9 Å². The van der Waals surface area contributed by atoms with Gasteiger partial charge in [0.2, 0.25) is 0 Å². The summed E-state index contributed by atoms with van der Waals surface area (Å²) in [6.45, 7) is 4.65. The first-order valence-corrected chi connectivity index (χ1v) is 5.36. The Morgan fingerprint density at radius 2 is 2.00 bits per heavy atom. The molecule has 1 fully saturated rings. The molecule has 11 heavy (non-hydrogen) atoms. The second-order valence-corrected chi connectivity index (χ2v) is 4.10. The van der Waals surface area contributed by atoms with E-state index >= 15 is 0 Å². The van der Waals surface area contributed by atoms with E-state index in [0.29, 0.717) is 0 Å². The minimum atomic E-state index is 1.06. The molecule has 0 radical (unpaired) electrons. The molecule has 0 spiro atoms. The Hall–Kier alpha value is 0. The van der Waals surface area contributed by atoms with E-state index in [2.05, 4.69) is 13.8 Å². The van der Waals surface area contributed by atoms with E-state index in [4.69, 9.17) is 0 Å². The molecule has 0 saturated heterocycles. The first kappa shape index (κ1) is 9.09. The van der Waals surface area contributed by atoms with Crippen molar-refractivity contribution in [3.8, 4) is 0 Å². The van der Waals surface area contributed by atoms with Crippen LogP contribution in [0, 0.1) is 11.8 Å². The highest BCUT2D eigenvalue weighted by molar-refractivity contribution is 4.76. The van der Waals surface area contributed by atoms with Crippen LogP contribution in [-0.2, 0) is 0 Å². The van der Waals surface area contributed by atoms with Gasteiger partial charge in [0.25, 0.3) is 0 Å². The van der Waals surface area contributed by atoms with E-state index < -0.39 is 0 Å². The summed E-state index contributed by atoms with van der Waals surface area (Å²) in [5.41, 5.74) is 0. The van der Waals surface area contributed by atoms with Crippen LogP contribution < -0.4 is 0 Å². The van der Waals surface area contributed by atoms with Crippen molar-refractivity contribution in [1.82, 2.24) is 0 Å². The van der Waals surface area contributed by atoms with Crippen LogP contribution in [0.5, 0.6) is 0 Å². The van der Waals surface area contributed by atoms with Crippen molar-refractivity contribution in [2.75, 3.05) is 0 Å². The molecular weight excluding hydrogens is 132 g/mol. The first-order valence-electron chi connectivity index (χ1n) is 5.36. The summed E-state index contributed by atoms with van der Waals surface area (Å²) in [5.74, 6) is 2.19. The highest BCUT2D eigenvalue weighted by Crippen LogP contribution is 2.37. The zero-order valence-electron chi connectivity index (χ0n) is 8.10. The molecule has 1 rings (SSSR count). The van der Waals surface area contributed by atoms with Gasteiger partial charge in [-0.1, -0.05) is 52.4 Å². The van der Waals surface area contributed by atoms with Crippen LogP contribution in [0.2, 0.25) is 0 Å². The molecule has 0 unspecified atom stereocenters. The fourth-order valence-corrected chi connectivity index (χ4v) is 1.81. The molecule has 0 heterocycles. The lowest BCUT2D eigenvalue weighted by Gasteiger charge is -2.12. The molecule has 0 N–H and O–H groups in total. The highest BCUT2D eigenvalue weighted by Gasteiger charge is 2.24. The maximum atomic E-state index is 2.35. The molecule has 0 nitrogen and oxygen atoms in total. The van der Waals surface area contributed by atoms with Gasteiger partial charge < -0.3 is 0 Å². The predicted octanol–water partition coefficient (Wildman–Crippen LogP) is 4.00. The molecule has 0 heteroatoms. The quantitative estimate of drug-likeness (QED) is 0.542. The Labute approximate surface area is 71.4 Å². The Morgan fingerprint density at radius 1 is 1.27 bits per heavy atom. The summed E-state index contributed by atoms with van der Waals surface area (Å²) >= 11 is 0. The first-order chi connectivity index (χ1) is 5.36. The maximum Gasteiger partial charge on any atom is -0.0411 e. The van der Waals surface area contributed by atoms with Crippen LogP contribution in [-0.4, -0.2) is 0 Å². The largest absolute Gasteiger partial charge is 0.0654 e. The van der Waals surface area contributed by atoms with Gasteiger partial charge >= 0.3 is 0 Å². The Kier molecular flexibility index (Phi) is 3.96. The Bertz CT molecular complexity index is 92.2. The lowest BCUT2D eigenvalue weighted by molar-refractivity contribution is 0.400. The third kappa shape index (κ3) is 3.79. The molecule has 1 saturated carbocycles. The van der Waals surface area contributed by atoms with Crippen molar-refractivity contribution in [2.24, 2.45) is 11.8 Å². The lowest BCUT2D eigenvalue weighted by atomic mass is 9.94. The van der Waals surface area contributed by atoms with E-state index in [1.54, 1.807) is 0 Å². The summed E-state index contributed by atoms with van der Waals surface area (Å²) in [4.78, 5) is 0. The van der Waals surface area contributed by atoms with Gasteiger partial charge in [0.15, 0.2) is 0 Å². The van der Waals surface area contributed by atoms with Crippen LogP contribution in [0.4, 0.5) is 0 Å². The van der Waals surface area contributed by atoms with Crippen LogP contribution in [0.3, 0.4) is 0 Å². The minimum Gasteiger partial charge on any atom is -0.0654 e. The van der Waals surface area contributed by atoms with Gasteiger partial charge in [0, 0.05) is 0 Å². The van der Waals surface area contributed by atoms with E-state index in [0.717, 1.165) is 11.8 Å². The van der Waals surface area contributed by atoms with Crippen molar-refractivity contribution in [2.45, 2.75) is 58.8 Å².